The topological polar surface area (TPSA) is 78.9 Å². The number of unbranched alkanes of at least 4 members (excludes halogenated alkanes) is 33. The van der Waals surface area contributed by atoms with Crippen molar-refractivity contribution in [3.63, 3.8) is 0 Å². The zero-order valence-electron chi connectivity index (χ0n) is 39.5. The van der Waals surface area contributed by atoms with Crippen LogP contribution in [0.1, 0.15) is 291 Å². The Bertz CT molecular complexity index is 874. The third-order valence-corrected chi connectivity index (χ3v) is 12.2. The molecule has 0 amide bonds. The number of ether oxygens (including phenoxy) is 3. The molecule has 0 fully saturated rings. The number of hydrogen-bond donors (Lipinski definition) is 0. The van der Waals surface area contributed by atoms with E-state index in [-0.39, 0.29) is 31.1 Å². The zero-order chi connectivity index (χ0) is 42.4. The van der Waals surface area contributed by atoms with Gasteiger partial charge in [0.1, 0.15) is 13.2 Å². The van der Waals surface area contributed by atoms with Gasteiger partial charge in [0.25, 0.3) is 0 Å². The van der Waals surface area contributed by atoms with Crippen molar-refractivity contribution in [1.82, 2.24) is 0 Å². The molecule has 0 saturated carbocycles. The maximum atomic E-state index is 12.8. The lowest BCUT2D eigenvalue weighted by atomic mass is 9.99. The molecule has 0 heterocycles. The molecule has 1 unspecified atom stereocenters. The fourth-order valence-corrected chi connectivity index (χ4v) is 7.83. The molecule has 0 aliphatic rings. The van der Waals surface area contributed by atoms with Crippen molar-refractivity contribution in [3.8, 4) is 0 Å². The molecule has 344 valence electrons. The van der Waals surface area contributed by atoms with Crippen LogP contribution in [0.25, 0.3) is 0 Å². The number of carbonyl (C=O) groups excluding carboxylic acids is 3. The predicted octanol–water partition coefficient (Wildman–Crippen LogP) is 16.7. The second-order valence-electron chi connectivity index (χ2n) is 18.1. The van der Waals surface area contributed by atoms with Gasteiger partial charge in [-0.2, -0.15) is 0 Å². The molecular weight excluding hydrogens is 721 g/mol. The SMILES string of the molecule is CCCCCCCCCCCCCCCCCC(=O)OC[C@@H](COC(=O)CCCCCCCCCCCCC)OC(=O)CCCCCCCCCCCCC(C)CC. The lowest BCUT2D eigenvalue weighted by Gasteiger charge is -2.18. The first-order chi connectivity index (χ1) is 28.4. The van der Waals surface area contributed by atoms with Crippen LogP contribution in [0.2, 0.25) is 0 Å². The van der Waals surface area contributed by atoms with E-state index in [9.17, 15) is 14.4 Å². The van der Waals surface area contributed by atoms with E-state index in [0.29, 0.717) is 19.3 Å². The first-order valence-electron chi connectivity index (χ1n) is 25.9. The lowest BCUT2D eigenvalue weighted by molar-refractivity contribution is -0.167. The minimum atomic E-state index is -0.760. The third-order valence-electron chi connectivity index (χ3n) is 12.2. The average molecular weight is 821 g/mol. The third kappa shape index (κ3) is 44.0. The largest absolute Gasteiger partial charge is 0.462 e. The molecular formula is C52H100O6. The van der Waals surface area contributed by atoms with Crippen molar-refractivity contribution in [2.45, 2.75) is 297 Å². The van der Waals surface area contributed by atoms with Crippen molar-refractivity contribution in [1.29, 1.82) is 0 Å². The van der Waals surface area contributed by atoms with Gasteiger partial charge in [-0.05, 0) is 25.2 Å². The van der Waals surface area contributed by atoms with Crippen molar-refractivity contribution in [2.75, 3.05) is 13.2 Å². The standard InChI is InChI=1S/C52H100O6/c1-5-8-10-12-14-16-18-19-20-21-23-28-32-36-40-44-51(54)57-47-49(46-56-50(53)43-39-35-31-27-22-17-15-13-11-9-6-2)58-52(55)45-41-37-33-29-25-24-26-30-34-38-42-48(4)7-3/h48-49H,5-47H2,1-4H3/t48?,49-/m1/s1. The number of rotatable bonds is 47. The lowest BCUT2D eigenvalue weighted by Crippen LogP contribution is -2.30. The number of hydrogen-bond acceptors (Lipinski definition) is 6. The van der Waals surface area contributed by atoms with Crippen molar-refractivity contribution in [2.24, 2.45) is 5.92 Å². The summed E-state index contributed by atoms with van der Waals surface area (Å²) in [6, 6.07) is 0. The van der Waals surface area contributed by atoms with Crippen LogP contribution < -0.4 is 0 Å². The van der Waals surface area contributed by atoms with E-state index in [1.807, 2.05) is 0 Å². The summed E-state index contributed by atoms with van der Waals surface area (Å²) in [5, 5.41) is 0. The molecule has 0 bridgehead atoms. The van der Waals surface area contributed by atoms with Crippen molar-refractivity contribution >= 4 is 17.9 Å². The van der Waals surface area contributed by atoms with E-state index in [0.717, 1.165) is 63.7 Å². The fraction of sp³-hybridized carbons (Fsp3) is 0.942. The molecule has 0 aliphatic carbocycles. The molecule has 58 heavy (non-hydrogen) atoms. The Labute approximate surface area is 361 Å². The molecule has 0 saturated heterocycles. The molecule has 0 rings (SSSR count). The second kappa shape index (κ2) is 46.5. The quantitative estimate of drug-likeness (QED) is 0.0346. The van der Waals surface area contributed by atoms with Crippen LogP contribution in [0.15, 0.2) is 0 Å². The van der Waals surface area contributed by atoms with Crippen molar-refractivity contribution < 1.29 is 28.6 Å². The van der Waals surface area contributed by atoms with Crippen LogP contribution in [0, 0.1) is 5.92 Å². The Morgan fingerprint density at radius 3 is 0.897 bits per heavy atom. The summed E-state index contributed by atoms with van der Waals surface area (Å²) in [6.07, 6.45) is 47.9. The molecule has 0 radical (unpaired) electrons. The maximum Gasteiger partial charge on any atom is 0.306 e. The summed E-state index contributed by atoms with van der Waals surface area (Å²) < 4.78 is 16.8. The van der Waals surface area contributed by atoms with Gasteiger partial charge in [0.2, 0.25) is 0 Å². The average Bonchev–Trinajstić information content (AvgIpc) is 3.22. The van der Waals surface area contributed by atoms with Crippen LogP contribution >= 0.6 is 0 Å². The molecule has 0 spiro atoms. The van der Waals surface area contributed by atoms with Gasteiger partial charge in [0.15, 0.2) is 6.10 Å². The van der Waals surface area contributed by atoms with E-state index in [2.05, 4.69) is 27.7 Å². The summed E-state index contributed by atoms with van der Waals surface area (Å²) in [6.45, 7) is 9.04. The van der Waals surface area contributed by atoms with Crippen LogP contribution in [-0.4, -0.2) is 37.2 Å². The molecule has 0 aliphatic heterocycles. The molecule has 0 aromatic carbocycles. The summed E-state index contributed by atoms with van der Waals surface area (Å²) in [5.41, 5.74) is 0. The fourth-order valence-electron chi connectivity index (χ4n) is 7.83. The Morgan fingerprint density at radius 1 is 0.345 bits per heavy atom. The first-order valence-corrected chi connectivity index (χ1v) is 25.9. The summed E-state index contributed by atoms with van der Waals surface area (Å²) in [5.74, 6) is 0.0224. The monoisotopic (exact) mass is 821 g/mol. The zero-order valence-corrected chi connectivity index (χ0v) is 39.5. The van der Waals surface area contributed by atoms with E-state index in [4.69, 9.17) is 14.2 Å². The molecule has 2 atom stereocenters. The molecule has 6 heteroatoms. The predicted molar refractivity (Wildman–Crippen MR) is 247 cm³/mol. The van der Waals surface area contributed by atoms with Gasteiger partial charge >= 0.3 is 17.9 Å². The normalized spacial score (nSPS) is 12.4. The van der Waals surface area contributed by atoms with E-state index in [1.54, 1.807) is 0 Å². The summed E-state index contributed by atoms with van der Waals surface area (Å²) in [4.78, 5) is 37.9. The Morgan fingerprint density at radius 2 is 0.603 bits per heavy atom. The van der Waals surface area contributed by atoms with E-state index < -0.39 is 6.10 Å². The number of carbonyl (C=O) groups is 3. The van der Waals surface area contributed by atoms with Gasteiger partial charge in [0, 0.05) is 19.3 Å². The number of esters is 3. The minimum absolute atomic E-state index is 0.0628. The maximum absolute atomic E-state index is 12.8. The summed E-state index contributed by atoms with van der Waals surface area (Å²) >= 11 is 0. The van der Waals surface area contributed by atoms with Gasteiger partial charge in [0.05, 0.1) is 0 Å². The Balaban J connectivity index is 4.31. The van der Waals surface area contributed by atoms with Crippen molar-refractivity contribution in [3.05, 3.63) is 0 Å². The summed E-state index contributed by atoms with van der Waals surface area (Å²) in [7, 11) is 0. The molecule has 0 aromatic rings. The van der Waals surface area contributed by atoms with Gasteiger partial charge in [-0.3, -0.25) is 14.4 Å². The van der Waals surface area contributed by atoms with E-state index >= 15 is 0 Å². The molecule has 0 N–H and O–H groups in total. The Kier molecular flexibility index (Phi) is 45.2. The Hall–Kier alpha value is -1.59. The first kappa shape index (κ1) is 56.4. The van der Waals surface area contributed by atoms with Gasteiger partial charge < -0.3 is 14.2 Å². The van der Waals surface area contributed by atoms with Crippen LogP contribution in [0.4, 0.5) is 0 Å². The highest BCUT2D eigenvalue weighted by Gasteiger charge is 2.19. The highest BCUT2D eigenvalue weighted by molar-refractivity contribution is 5.71. The van der Waals surface area contributed by atoms with Gasteiger partial charge in [-0.1, -0.05) is 252 Å². The molecule has 0 aromatic heterocycles. The minimum Gasteiger partial charge on any atom is -0.462 e. The second-order valence-corrected chi connectivity index (χ2v) is 18.1. The highest BCUT2D eigenvalue weighted by Crippen LogP contribution is 2.17. The van der Waals surface area contributed by atoms with Crippen LogP contribution in [0.3, 0.4) is 0 Å². The van der Waals surface area contributed by atoms with Crippen LogP contribution in [-0.2, 0) is 28.6 Å². The molecule has 6 nitrogen and oxygen atoms in total. The van der Waals surface area contributed by atoms with E-state index in [1.165, 1.54) is 186 Å². The smallest absolute Gasteiger partial charge is 0.306 e. The van der Waals surface area contributed by atoms with Gasteiger partial charge in [-0.25, -0.2) is 0 Å². The van der Waals surface area contributed by atoms with Crippen LogP contribution in [0.5, 0.6) is 0 Å². The highest BCUT2D eigenvalue weighted by atomic mass is 16.6. The van der Waals surface area contributed by atoms with Gasteiger partial charge in [-0.15, -0.1) is 0 Å².